The van der Waals surface area contributed by atoms with Crippen LogP contribution in [0.15, 0.2) is 60.7 Å². The van der Waals surface area contributed by atoms with Crippen LogP contribution < -0.4 is 15.0 Å². The van der Waals surface area contributed by atoms with E-state index in [1.54, 1.807) is 18.2 Å². The molecule has 1 amide bonds. The number of hydrogen-bond donors (Lipinski definition) is 1. The van der Waals surface area contributed by atoms with Crippen LogP contribution in [0.5, 0.6) is 5.75 Å². The summed E-state index contributed by atoms with van der Waals surface area (Å²) in [4.78, 5) is 29.4. The van der Waals surface area contributed by atoms with E-state index in [0.717, 1.165) is 24.3 Å². The van der Waals surface area contributed by atoms with Crippen molar-refractivity contribution in [1.82, 2.24) is 4.90 Å². The van der Waals surface area contributed by atoms with Gasteiger partial charge >= 0.3 is 6.36 Å². The lowest BCUT2D eigenvalue weighted by molar-refractivity contribution is -0.274. The van der Waals surface area contributed by atoms with E-state index in [0.29, 0.717) is 60.5 Å². The molecule has 3 aromatic carbocycles. The molecule has 2 aliphatic heterocycles. The number of hydrogen-bond acceptors (Lipinski definition) is 5. The van der Waals surface area contributed by atoms with Gasteiger partial charge in [0.05, 0.1) is 5.56 Å². The number of amides is 1. The van der Waals surface area contributed by atoms with Gasteiger partial charge in [0, 0.05) is 49.4 Å². The lowest BCUT2D eigenvalue weighted by Gasteiger charge is -2.52. The van der Waals surface area contributed by atoms with Gasteiger partial charge in [-0.3, -0.25) is 19.4 Å². The molecule has 0 unspecified atom stereocenters. The molecule has 3 aromatic rings. The third-order valence-electron chi connectivity index (χ3n) is 7.06. The molecule has 11 heteroatoms. The van der Waals surface area contributed by atoms with Crippen molar-refractivity contribution >= 4 is 23.1 Å². The number of Topliss-reactive ketones (excluding diaryl/α,β-unsaturated/α-hetero) is 1. The number of carbonyl (C=O) groups excluding carboxylic acids is 2. The average Bonchev–Trinajstić information content (AvgIpc) is 2.87. The van der Waals surface area contributed by atoms with E-state index in [1.165, 1.54) is 30.0 Å². The zero-order valence-electron chi connectivity index (χ0n) is 20.8. The second-order valence-corrected chi connectivity index (χ2v) is 9.68. The van der Waals surface area contributed by atoms with E-state index in [4.69, 9.17) is 0 Å². The number of halogens is 5. The SMILES string of the molecule is CC(=O)c1ccc2c(c1)NC1(CCN(Cc3ccc(F)c(F)c3)CC1)N(c1ccc(OC(F)(F)F)cc1)C2=O. The molecule has 39 heavy (non-hydrogen) atoms. The van der Waals surface area contributed by atoms with Gasteiger partial charge in [-0.05, 0) is 61.0 Å². The molecule has 5 rings (SSSR count). The summed E-state index contributed by atoms with van der Waals surface area (Å²) in [5, 5.41) is 3.45. The third kappa shape index (κ3) is 5.44. The maximum atomic E-state index is 13.8. The van der Waals surface area contributed by atoms with Gasteiger partial charge in [0.15, 0.2) is 17.4 Å². The third-order valence-corrected chi connectivity index (χ3v) is 7.06. The van der Waals surface area contributed by atoms with Crippen LogP contribution in [0.1, 0.15) is 46.0 Å². The van der Waals surface area contributed by atoms with E-state index >= 15 is 0 Å². The van der Waals surface area contributed by atoms with Crippen LogP contribution in [0.25, 0.3) is 0 Å². The quantitative estimate of drug-likeness (QED) is 0.309. The highest BCUT2D eigenvalue weighted by Crippen LogP contribution is 2.42. The zero-order valence-corrected chi connectivity index (χ0v) is 20.8. The number of anilines is 2. The molecule has 0 atom stereocenters. The molecule has 0 radical (unpaired) electrons. The van der Waals surface area contributed by atoms with Crippen LogP contribution in [0.2, 0.25) is 0 Å². The molecule has 1 fully saturated rings. The van der Waals surface area contributed by atoms with Crippen molar-refractivity contribution in [2.24, 2.45) is 0 Å². The smallest absolute Gasteiger partial charge is 0.406 e. The minimum absolute atomic E-state index is 0.162. The van der Waals surface area contributed by atoms with Crippen LogP contribution in [-0.4, -0.2) is 41.7 Å². The topological polar surface area (TPSA) is 61.9 Å². The van der Waals surface area contributed by atoms with Crippen LogP contribution in [0, 0.1) is 11.6 Å². The van der Waals surface area contributed by atoms with Crippen molar-refractivity contribution in [3.63, 3.8) is 0 Å². The molecule has 1 N–H and O–H groups in total. The number of rotatable bonds is 5. The van der Waals surface area contributed by atoms with Gasteiger partial charge in [0.2, 0.25) is 0 Å². The molecule has 204 valence electrons. The lowest BCUT2D eigenvalue weighted by atomic mass is 9.88. The van der Waals surface area contributed by atoms with Crippen molar-refractivity contribution in [3.05, 3.63) is 89.0 Å². The number of piperidine rings is 1. The van der Waals surface area contributed by atoms with Gasteiger partial charge in [0.1, 0.15) is 11.4 Å². The monoisotopic (exact) mass is 545 g/mol. The Balaban J connectivity index is 1.46. The molecule has 2 heterocycles. The fourth-order valence-corrected chi connectivity index (χ4v) is 5.16. The Morgan fingerprint density at radius 3 is 2.28 bits per heavy atom. The number of nitrogens with zero attached hydrogens (tertiary/aromatic N) is 2. The summed E-state index contributed by atoms with van der Waals surface area (Å²) in [5.74, 6) is -2.79. The highest BCUT2D eigenvalue weighted by molar-refractivity contribution is 6.13. The van der Waals surface area contributed by atoms with Gasteiger partial charge in [-0.25, -0.2) is 8.78 Å². The Bertz CT molecular complexity index is 1420. The summed E-state index contributed by atoms with van der Waals surface area (Å²) in [6, 6.07) is 13.6. The van der Waals surface area contributed by atoms with Crippen molar-refractivity contribution in [2.45, 2.75) is 38.3 Å². The summed E-state index contributed by atoms with van der Waals surface area (Å²) in [6.45, 7) is 2.76. The Labute approximate surface area is 221 Å². The summed E-state index contributed by atoms with van der Waals surface area (Å²) < 4.78 is 69.0. The molecule has 0 saturated carbocycles. The Morgan fingerprint density at radius 2 is 1.67 bits per heavy atom. The maximum Gasteiger partial charge on any atom is 0.573 e. The van der Waals surface area contributed by atoms with Crippen LogP contribution >= 0.6 is 0 Å². The molecule has 0 bridgehead atoms. The van der Waals surface area contributed by atoms with Gasteiger partial charge in [0.25, 0.3) is 5.91 Å². The Kier molecular flexibility index (Phi) is 6.79. The molecular formula is C28H24F5N3O3. The first-order chi connectivity index (χ1) is 18.4. The lowest BCUT2D eigenvalue weighted by Crippen LogP contribution is -2.64. The molecule has 1 saturated heterocycles. The van der Waals surface area contributed by atoms with Crippen molar-refractivity contribution in [3.8, 4) is 5.75 Å². The summed E-state index contributed by atoms with van der Waals surface area (Å²) in [5.41, 5.74) is 1.28. The minimum atomic E-state index is -4.85. The number of fused-ring (bicyclic) bond motifs is 1. The second-order valence-electron chi connectivity index (χ2n) is 9.68. The predicted molar refractivity (Wildman–Crippen MR) is 134 cm³/mol. The number of benzene rings is 3. The fourth-order valence-electron chi connectivity index (χ4n) is 5.16. The molecule has 6 nitrogen and oxygen atoms in total. The molecule has 0 aliphatic carbocycles. The summed E-state index contributed by atoms with van der Waals surface area (Å²) >= 11 is 0. The zero-order chi connectivity index (χ0) is 27.9. The number of ether oxygens (including phenoxy) is 1. The average molecular weight is 546 g/mol. The fraction of sp³-hybridized carbons (Fsp3) is 0.286. The Hall–Kier alpha value is -3.99. The standard InChI is InChI=1S/C28H24F5N3O3/c1-17(37)19-3-8-22-25(15-19)34-27(10-12-35(13-11-27)16-18-2-9-23(29)24(30)14-18)36(26(22)38)20-4-6-21(7-5-20)39-28(31,32)33/h2-9,14-15,34H,10-13,16H2,1H3. The van der Waals surface area contributed by atoms with E-state index < -0.39 is 29.4 Å². The van der Waals surface area contributed by atoms with Crippen LogP contribution in [0.3, 0.4) is 0 Å². The number of ketones is 1. The van der Waals surface area contributed by atoms with Crippen LogP contribution in [0.4, 0.5) is 33.3 Å². The first kappa shape index (κ1) is 26.6. The second kappa shape index (κ2) is 9.96. The first-order valence-corrected chi connectivity index (χ1v) is 12.2. The summed E-state index contributed by atoms with van der Waals surface area (Å²) in [7, 11) is 0. The van der Waals surface area contributed by atoms with Crippen molar-refractivity contribution < 1.29 is 36.3 Å². The predicted octanol–water partition coefficient (Wildman–Crippen LogP) is 6.13. The van der Waals surface area contributed by atoms with E-state index in [1.807, 2.05) is 4.90 Å². The molecule has 0 aromatic heterocycles. The van der Waals surface area contributed by atoms with E-state index in [9.17, 15) is 31.5 Å². The number of alkyl halides is 3. The molecular weight excluding hydrogens is 521 g/mol. The van der Waals surface area contributed by atoms with E-state index in [-0.39, 0.29) is 11.7 Å². The molecule has 1 spiro atoms. The Morgan fingerprint density at radius 1 is 0.974 bits per heavy atom. The van der Waals surface area contributed by atoms with Crippen LogP contribution in [-0.2, 0) is 6.54 Å². The highest BCUT2D eigenvalue weighted by Gasteiger charge is 2.47. The van der Waals surface area contributed by atoms with Gasteiger partial charge in [-0.1, -0.05) is 12.1 Å². The van der Waals surface area contributed by atoms with E-state index in [2.05, 4.69) is 10.1 Å². The van der Waals surface area contributed by atoms with Gasteiger partial charge < -0.3 is 10.1 Å². The number of nitrogens with one attached hydrogen (secondary N) is 1. The van der Waals surface area contributed by atoms with Gasteiger partial charge in [-0.15, -0.1) is 13.2 Å². The molecule has 2 aliphatic rings. The summed E-state index contributed by atoms with van der Waals surface area (Å²) in [6.07, 6.45) is -4.03. The number of carbonyl (C=O) groups is 2. The highest BCUT2D eigenvalue weighted by atomic mass is 19.4. The first-order valence-electron chi connectivity index (χ1n) is 12.2. The largest absolute Gasteiger partial charge is 0.573 e. The van der Waals surface area contributed by atoms with Gasteiger partial charge in [-0.2, -0.15) is 0 Å². The normalized spacial score (nSPS) is 17.1. The number of likely N-dealkylation sites (tertiary alicyclic amines) is 1. The van der Waals surface area contributed by atoms with Crippen molar-refractivity contribution in [1.29, 1.82) is 0 Å². The maximum absolute atomic E-state index is 13.8. The minimum Gasteiger partial charge on any atom is -0.406 e. The van der Waals surface area contributed by atoms with Crippen molar-refractivity contribution in [2.75, 3.05) is 23.3 Å².